The molecule has 2 aliphatic carbocycles. The lowest BCUT2D eigenvalue weighted by Crippen LogP contribution is -2.62. The van der Waals surface area contributed by atoms with Crippen molar-refractivity contribution in [3.8, 4) is 0 Å². The highest BCUT2D eigenvalue weighted by Crippen LogP contribution is 2.54. The minimum absolute atomic E-state index is 0.0231. The predicted molar refractivity (Wildman–Crippen MR) is 308 cm³/mol. The Labute approximate surface area is 427 Å². The average Bonchev–Trinajstić information content (AvgIpc) is 3.89. The largest absolute Gasteiger partial charge is 0.456 e. The zero-order valence-corrected chi connectivity index (χ0v) is 45.2. The highest BCUT2D eigenvalue weighted by Gasteiger charge is 2.48. The molecule has 0 saturated carbocycles. The maximum atomic E-state index is 6.98. The van der Waals surface area contributed by atoms with Crippen LogP contribution in [0.25, 0.3) is 43.9 Å². The van der Waals surface area contributed by atoms with Gasteiger partial charge in [0.25, 0.3) is 6.71 Å². The molecular formula is C67H71BN2O2. The van der Waals surface area contributed by atoms with E-state index in [2.05, 4.69) is 216 Å². The number of hydrogen-bond donors (Lipinski definition) is 0. The number of fused-ring (bicyclic) bond motifs is 12. The first-order chi connectivity index (χ1) is 34.1. The Morgan fingerprint density at radius 1 is 0.375 bits per heavy atom. The Hall–Kier alpha value is -6.20. The molecule has 364 valence electrons. The lowest BCUT2D eigenvalue weighted by atomic mass is 9.33. The first-order valence-corrected chi connectivity index (χ1v) is 27.2. The molecule has 7 aromatic carbocycles. The van der Waals surface area contributed by atoms with Crippen LogP contribution in [0.5, 0.6) is 0 Å². The smallest absolute Gasteiger partial charge is 0.252 e. The van der Waals surface area contributed by atoms with Crippen LogP contribution in [0.4, 0.5) is 34.1 Å². The zero-order chi connectivity index (χ0) is 50.3. The summed E-state index contributed by atoms with van der Waals surface area (Å²) in [7, 11) is 0. The molecule has 5 heteroatoms. The summed E-state index contributed by atoms with van der Waals surface area (Å²) in [4.78, 5) is 5.31. The number of rotatable bonds is 5. The number of anilines is 6. The zero-order valence-electron chi connectivity index (χ0n) is 45.2. The van der Waals surface area contributed by atoms with Crippen LogP contribution < -0.4 is 26.2 Å². The van der Waals surface area contributed by atoms with Crippen LogP contribution in [0.1, 0.15) is 179 Å². The Morgan fingerprint density at radius 3 is 1.35 bits per heavy atom. The van der Waals surface area contributed by atoms with Gasteiger partial charge < -0.3 is 18.6 Å². The number of nitrogens with zero attached hydrogens (tertiary/aromatic N) is 2. The summed E-state index contributed by atoms with van der Waals surface area (Å²) in [6, 6.07) is 43.3. The molecule has 0 unspecified atom stereocenters. The third-order valence-electron chi connectivity index (χ3n) is 18.5. The molecule has 72 heavy (non-hydrogen) atoms. The van der Waals surface area contributed by atoms with Gasteiger partial charge in [0, 0.05) is 55.7 Å². The van der Waals surface area contributed by atoms with E-state index in [9.17, 15) is 0 Å². The van der Waals surface area contributed by atoms with Crippen molar-refractivity contribution in [1.29, 1.82) is 0 Å². The van der Waals surface area contributed by atoms with Crippen molar-refractivity contribution in [3.63, 3.8) is 0 Å². The van der Waals surface area contributed by atoms with Gasteiger partial charge in [-0.3, -0.25) is 0 Å². The molecule has 13 rings (SSSR count). The van der Waals surface area contributed by atoms with Crippen molar-refractivity contribution in [2.75, 3.05) is 9.80 Å². The van der Waals surface area contributed by atoms with E-state index >= 15 is 0 Å². The van der Waals surface area contributed by atoms with E-state index in [0.29, 0.717) is 11.8 Å². The van der Waals surface area contributed by atoms with Crippen molar-refractivity contribution < 1.29 is 8.83 Å². The average molecular weight is 947 g/mol. The van der Waals surface area contributed by atoms with Crippen molar-refractivity contribution in [2.24, 2.45) is 0 Å². The Balaban J connectivity index is 1.17. The van der Waals surface area contributed by atoms with E-state index in [-0.39, 0.29) is 34.3 Å². The molecule has 0 bridgehead atoms. The second-order valence-corrected chi connectivity index (χ2v) is 26.1. The fourth-order valence-electron chi connectivity index (χ4n) is 13.6. The van der Waals surface area contributed by atoms with E-state index in [1.807, 2.05) is 0 Å². The van der Waals surface area contributed by atoms with Crippen molar-refractivity contribution in [1.82, 2.24) is 0 Å². The lowest BCUT2D eigenvalue weighted by molar-refractivity contribution is 0.332. The lowest BCUT2D eigenvalue weighted by Gasteiger charge is -2.48. The van der Waals surface area contributed by atoms with Crippen LogP contribution in [0.3, 0.4) is 0 Å². The highest BCUT2D eigenvalue weighted by atomic mass is 16.3. The molecule has 0 saturated heterocycles. The fraction of sp³-hybridized carbons (Fsp3) is 0.373. The molecule has 2 aliphatic heterocycles. The van der Waals surface area contributed by atoms with Crippen molar-refractivity contribution in [2.45, 2.75) is 162 Å². The van der Waals surface area contributed by atoms with Gasteiger partial charge in [-0.05, 0) is 205 Å². The summed E-state index contributed by atoms with van der Waals surface area (Å²) in [6.07, 6.45) is 4.67. The highest BCUT2D eigenvalue weighted by molar-refractivity contribution is 7.00. The van der Waals surface area contributed by atoms with Gasteiger partial charge in [0.15, 0.2) is 0 Å². The monoisotopic (exact) mass is 947 g/mol. The van der Waals surface area contributed by atoms with Gasteiger partial charge >= 0.3 is 0 Å². The number of benzene rings is 7. The van der Waals surface area contributed by atoms with Gasteiger partial charge in [-0.1, -0.05) is 121 Å². The maximum absolute atomic E-state index is 6.98. The first-order valence-electron chi connectivity index (χ1n) is 27.2. The second kappa shape index (κ2) is 15.2. The number of hydrogen-bond acceptors (Lipinski definition) is 4. The second-order valence-electron chi connectivity index (χ2n) is 26.1. The summed E-state index contributed by atoms with van der Waals surface area (Å²) >= 11 is 0. The van der Waals surface area contributed by atoms with Crippen molar-refractivity contribution >= 4 is 101 Å². The summed E-state index contributed by atoms with van der Waals surface area (Å²) in [5, 5.41) is 4.63. The number of furan rings is 2. The molecular weight excluding hydrogens is 876 g/mol. The van der Waals surface area contributed by atoms with E-state index in [4.69, 9.17) is 8.83 Å². The molecule has 9 aromatic rings. The molecule has 4 aliphatic rings. The quantitative estimate of drug-likeness (QED) is 0.161. The van der Waals surface area contributed by atoms with E-state index in [1.165, 1.54) is 102 Å². The van der Waals surface area contributed by atoms with E-state index in [0.717, 1.165) is 57.0 Å². The van der Waals surface area contributed by atoms with Crippen LogP contribution in [0, 0.1) is 0 Å². The van der Waals surface area contributed by atoms with Crippen LogP contribution in [0.15, 0.2) is 118 Å². The molecule has 0 fully saturated rings. The molecule has 0 atom stereocenters. The Kier molecular flexibility index (Phi) is 9.63. The van der Waals surface area contributed by atoms with E-state index in [1.54, 1.807) is 0 Å². The van der Waals surface area contributed by atoms with Crippen LogP contribution >= 0.6 is 0 Å². The van der Waals surface area contributed by atoms with E-state index < -0.39 is 0 Å². The Bertz CT molecular complexity index is 3780. The first kappa shape index (κ1) is 45.7. The van der Waals surface area contributed by atoms with Gasteiger partial charge in [-0.15, -0.1) is 0 Å². The van der Waals surface area contributed by atoms with Gasteiger partial charge in [0.2, 0.25) is 0 Å². The fourth-order valence-corrected chi connectivity index (χ4v) is 13.6. The molecule has 0 radical (unpaired) electrons. The molecule has 4 nitrogen and oxygen atoms in total. The van der Waals surface area contributed by atoms with Gasteiger partial charge in [0.05, 0.1) is 0 Å². The summed E-state index contributed by atoms with van der Waals surface area (Å²) in [5.41, 5.74) is 25.2. The minimum Gasteiger partial charge on any atom is -0.456 e. The van der Waals surface area contributed by atoms with Gasteiger partial charge in [-0.25, -0.2) is 0 Å². The molecule has 0 spiro atoms. The summed E-state index contributed by atoms with van der Waals surface area (Å²) < 4.78 is 13.6. The summed E-state index contributed by atoms with van der Waals surface area (Å²) in [5.74, 6) is 1.09. The SMILES string of the molecule is CC(C)c1cc2c3c(c1)N(c1ccc4oc5ccc(C(C)C)cc5c4c1)c1cc4c(cc1B3c1cc3c(cc1N2c1ccc2c(c1)C(C)(C)CCC2(C)C)C(C)(C)CCC3(C)C)oc1ccc(C(C)C)cc14. The molecule has 0 amide bonds. The molecule has 0 N–H and O–H groups in total. The van der Waals surface area contributed by atoms with Crippen LogP contribution in [0.2, 0.25) is 0 Å². The van der Waals surface area contributed by atoms with Crippen molar-refractivity contribution in [3.05, 3.63) is 148 Å². The standard InChI is InChI=1S/C67H71BN2O2/c1-37(2)40-15-20-59-45(27-40)47-31-43(18-22-61(47)71-59)69-55-33-48-46-28-41(38(3)4)16-21-60(46)72-62(48)36-54(55)68-53-34-51-52(67(13,14)26-25-66(51,11)12)35-56(53)70(58-30-42(39(5)6)29-57(69)63(58)68)44-17-19-49-50(32-44)65(9,10)24-23-64(49,7)8/h15-22,27-39H,23-26H2,1-14H3. The predicted octanol–water partition coefficient (Wildman–Crippen LogP) is 17.6. The third-order valence-corrected chi connectivity index (χ3v) is 18.5. The van der Waals surface area contributed by atoms with Gasteiger partial charge in [-0.2, -0.15) is 0 Å². The third kappa shape index (κ3) is 6.56. The summed E-state index contributed by atoms with van der Waals surface area (Å²) in [6.45, 7) is 33.5. The maximum Gasteiger partial charge on any atom is 0.252 e. The van der Waals surface area contributed by atoms with Crippen LogP contribution in [-0.2, 0) is 21.7 Å². The normalized spacial score (nSPS) is 18.1. The van der Waals surface area contributed by atoms with Crippen LogP contribution in [-0.4, -0.2) is 6.71 Å². The van der Waals surface area contributed by atoms with Gasteiger partial charge in [0.1, 0.15) is 22.3 Å². The Morgan fingerprint density at radius 2 is 0.792 bits per heavy atom. The molecule has 4 heterocycles. The minimum atomic E-state index is -0.0521. The topological polar surface area (TPSA) is 32.8 Å². The molecule has 2 aromatic heterocycles.